The molecule has 0 aliphatic carbocycles. The van der Waals surface area contributed by atoms with Crippen molar-refractivity contribution in [3.63, 3.8) is 0 Å². The van der Waals surface area contributed by atoms with Gasteiger partial charge in [-0.1, -0.05) is 56.3 Å². The molecule has 0 saturated heterocycles. The van der Waals surface area contributed by atoms with Crippen molar-refractivity contribution >= 4 is 33.8 Å². The molecule has 2 aromatic carbocycles. The quantitative estimate of drug-likeness (QED) is 0.435. The van der Waals surface area contributed by atoms with Gasteiger partial charge in [0, 0.05) is 11.1 Å². The Kier molecular flexibility index (Phi) is 5.22. The molecule has 0 spiro atoms. The predicted octanol–water partition coefficient (Wildman–Crippen LogP) is 6.34. The Morgan fingerprint density at radius 3 is 2.39 bits per heavy atom. The molecule has 0 aliphatic rings. The van der Waals surface area contributed by atoms with E-state index in [0.717, 1.165) is 51.1 Å². The van der Waals surface area contributed by atoms with Gasteiger partial charge in [0.2, 0.25) is 0 Å². The molecule has 28 heavy (non-hydrogen) atoms. The number of nitrogens with one attached hydrogen (secondary N) is 1. The van der Waals surface area contributed by atoms with Gasteiger partial charge in [0.25, 0.3) is 5.91 Å². The molecule has 0 unspecified atom stereocenters. The van der Waals surface area contributed by atoms with Crippen molar-refractivity contribution in [2.24, 2.45) is 0 Å². The fraction of sp³-hybridized carbons (Fsp3) is 0.167. The normalized spacial score (nSPS) is 10.9. The number of amides is 1. The molecule has 140 valence electrons. The van der Waals surface area contributed by atoms with E-state index in [2.05, 4.69) is 37.4 Å². The minimum absolute atomic E-state index is 0.0907. The van der Waals surface area contributed by atoms with Crippen LogP contribution in [0.15, 0.2) is 66.0 Å². The van der Waals surface area contributed by atoms with E-state index in [1.54, 1.807) is 11.3 Å². The zero-order valence-corrected chi connectivity index (χ0v) is 16.8. The first kappa shape index (κ1) is 18.4. The summed E-state index contributed by atoms with van der Waals surface area (Å²) in [7, 11) is 0. The third-order valence-electron chi connectivity index (χ3n) is 4.97. The number of carbonyl (C=O) groups is 1. The zero-order valence-electron chi connectivity index (χ0n) is 16.0. The summed E-state index contributed by atoms with van der Waals surface area (Å²) in [5.41, 5.74) is 5.57. The summed E-state index contributed by atoms with van der Waals surface area (Å²) in [6.07, 6.45) is 1.75. The number of thiophene rings is 1. The van der Waals surface area contributed by atoms with Crippen LogP contribution in [-0.2, 0) is 12.8 Å². The summed E-state index contributed by atoms with van der Waals surface area (Å²) in [6.45, 7) is 4.22. The highest BCUT2D eigenvalue weighted by atomic mass is 32.1. The van der Waals surface area contributed by atoms with Crippen LogP contribution >= 0.6 is 11.3 Å². The molecule has 0 bridgehead atoms. The van der Waals surface area contributed by atoms with Crippen molar-refractivity contribution in [1.82, 2.24) is 4.98 Å². The van der Waals surface area contributed by atoms with E-state index < -0.39 is 0 Å². The van der Waals surface area contributed by atoms with Crippen LogP contribution in [0.4, 0.5) is 5.69 Å². The van der Waals surface area contributed by atoms with Crippen LogP contribution in [0.5, 0.6) is 0 Å². The fourth-order valence-electron chi connectivity index (χ4n) is 3.50. The van der Waals surface area contributed by atoms with Gasteiger partial charge in [0.15, 0.2) is 0 Å². The average Bonchev–Trinajstić information content (AvgIpc) is 3.28. The van der Waals surface area contributed by atoms with E-state index in [4.69, 9.17) is 4.98 Å². The van der Waals surface area contributed by atoms with Gasteiger partial charge >= 0.3 is 0 Å². The van der Waals surface area contributed by atoms with E-state index in [1.807, 2.05) is 47.8 Å². The van der Waals surface area contributed by atoms with Gasteiger partial charge in [-0.2, -0.15) is 0 Å². The Hall–Kier alpha value is -2.98. The van der Waals surface area contributed by atoms with Gasteiger partial charge in [-0.05, 0) is 47.5 Å². The highest BCUT2D eigenvalue weighted by Crippen LogP contribution is 2.29. The number of carbonyl (C=O) groups excluding carboxylic acids is 1. The Balaban J connectivity index is 1.82. The smallest absolute Gasteiger partial charge is 0.256 e. The maximum atomic E-state index is 13.4. The largest absolute Gasteiger partial charge is 0.321 e. The lowest BCUT2D eigenvalue weighted by molar-refractivity contribution is 0.102. The van der Waals surface area contributed by atoms with Gasteiger partial charge < -0.3 is 5.32 Å². The molecule has 2 heterocycles. The van der Waals surface area contributed by atoms with Crippen LogP contribution in [0.2, 0.25) is 0 Å². The summed E-state index contributed by atoms with van der Waals surface area (Å²) in [6, 6.07) is 20.0. The number of anilines is 1. The second-order valence-electron chi connectivity index (χ2n) is 6.66. The standard InChI is InChI=1S/C24H22N2OS/c1-3-16-9-7-10-17(4-2)23(16)26-24(27)19-15-21(22-13-8-14-28-22)25-20-12-6-5-11-18(19)20/h5-15H,3-4H2,1-2H3,(H,26,27). The highest BCUT2D eigenvalue weighted by molar-refractivity contribution is 7.13. The number of fused-ring (bicyclic) bond motifs is 1. The molecule has 4 aromatic rings. The maximum absolute atomic E-state index is 13.4. The van der Waals surface area contributed by atoms with Crippen LogP contribution in [-0.4, -0.2) is 10.9 Å². The van der Waals surface area contributed by atoms with Gasteiger partial charge in [0.05, 0.1) is 21.7 Å². The summed E-state index contributed by atoms with van der Waals surface area (Å²) in [5, 5.41) is 6.09. The van der Waals surface area contributed by atoms with Crippen molar-refractivity contribution in [2.45, 2.75) is 26.7 Å². The number of para-hydroxylation sites is 2. The number of hydrogen-bond donors (Lipinski definition) is 1. The maximum Gasteiger partial charge on any atom is 0.256 e. The summed E-state index contributed by atoms with van der Waals surface area (Å²) in [4.78, 5) is 19.2. The van der Waals surface area contributed by atoms with Crippen molar-refractivity contribution in [3.8, 4) is 10.6 Å². The number of aryl methyl sites for hydroxylation is 2. The van der Waals surface area contributed by atoms with Crippen LogP contribution < -0.4 is 5.32 Å². The molecule has 4 rings (SSSR count). The minimum Gasteiger partial charge on any atom is -0.321 e. The van der Waals surface area contributed by atoms with Crippen LogP contribution in [0, 0.1) is 0 Å². The van der Waals surface area contributed by atoms with Crippen LogP contribution in [0.3, 0.4) is 0 Å². The Morgan fingerprint density at radius 2 is 1.71 bits per heavy atom. The first-order valence-electron chi connectivity index (χ1n) is 9.57. The molecular weight excluding hydrogens is 364 g/mol. The van der Waals surface area contributed by atoms with Crippen molar-refractivity contribution in [1.29, 1.82) is 0 Å². The lowest BCUT2D eigenvalue weighted by Gasteiger charge is -2.15. The molecule has 1 N–H and O–H groups in total. The van der Waals surface area contributed by atoms with Gasteiger partial charge in [-0.3, -0.25) is 4.79 Å². The number of rotatable bonds is 5. The van der Waals surface area contributed by atoms with E-state index >= 15 is 0 Å². The second kappa shape index (κ2) is 7.95. The van der Waals surface area contributed by atoms with Crippen molar-refractivity contribution in [2.75, 3.05) is 5.32 Å². The predicted molar refractivity (Wildman–Crippen MR) is 118 cm³/mol. The molecule has 0 fully saturated rings. The van der Waals surface area contributed by atoms with Gasteiger partial charge in [0.1, 0.15) is 0 Å². The number of aromatic nitrogens is 1. The molecule has 4 heteroatoms. The molecule has 0 radical (unpaired) electrons. The third-order valence-corrected chi connectivity index (χ3v) is 5.86. The van der Waals surface area contributed by atoms with E-state index in [0.29, 0.717) is 5.56 Å². The number of benzene rings is 2. The van der Waals surface area contributed by atoms with Gasteiger partial charge in [-0.15, -0.1) is 11.3 Å². The number of pyridine rings is 1. The lowest BCUT2D eigenvalue weighted by Crippen LogP contribution is -2.15. The topological polar surface area (TPSA) is 42.0 Å². The first-order chi connectivity index (χ1) is 13.7. The summed E-state index contributed by atoms with van der Waals surface area (Å²) in [5.74, 6) is -0.0907. The average molecular weight is 387 g/mol. The Bertz CT molecular complexity index is 1110. The van der Waals surface area contributed by atoms with Gasteiger partial charge in [-0.25, -0.2) is 4.98 Å². The highest BCUT2D eigenvalue weighted by Gasteiger charge is 2.17. The van der Waals surface area contributed by atoms with Crippen LogP contribution in [0.1, 0.15) is 35.3 Å². The monoisotopic (exact) mass is 386 g/mol. The molecule has 0 aliphatic heterocycles. The van der Waals surface area contributed by atoms with E-state index in [1.165, 1.54) is 0 Å². The summed E-state index contributed by atoms with van der Waals surface area (Å²) >= 11 is 1.63. The first-order valence-corrected chi connectivity index (χ1v) is 10.4. The Morgan fingerprint density at radius 1 is 0.964 bits per heavy atom. The fourth-order valence-corrected chi connectivity index (χ4v) is 4.18. The zero-order chi connectivity index (χ0) is 19.5. The Labute approximate surface area is 169 Å². The molecule has 0 atom stereocenters. The SMILES string of the molecule is CCc1cccc(CC)c1NC(=O)c1cc(-c2cccs2)nc2ccccc12. The van der Waals surface area contributed by atoms with Crippen molar-refractivity contribution in [3.05, 3.63) is 82.7 Å². The summed E-state index contributed by atoms with van der Waals surface area (Å²) < 4.78 is 0. The number of nitrogens with zero attached hydrogens (tertiary/aromatic N) is 1. The molecule has 2 aromatic heterocycles. The molecule has 0 saturated carbocycles. The minimum atomic E-state index is -0.0907. The van der Waals surface area contributed by atoms with E-state index in [9.17, 15) is 4.79 Å². The lowest BCUT2D eigenvalue weighted by atomic mass is 10.0. The van der Waals surface area contributed by atoms with Crippen molar-refractivity contribution < 1.29 is 4.79 Å². The van der Waals surface area contributed by atoms with E-state index in [-0.39, 0.29) is 5.91 Å². The van der Waals surface area contributed by atoms with Crippen LogP contribution in [0.25, 0.3) is 21.5 Å². The molecular formula is C24H22N2OS. The number of hydrogen-bond acceptors (Lipinski definition) is 3. The second-order valence-corrected chi connectivity index (χ2v) is 7.61. The molecule has 1 amide bonds. The third kappa shape index (κ3) is 3.43. The molecule has 3 nitrogen and oxygen atoms in total.